The number of piperidine rings is 1. The molecule has 1 unspecified atom stereocenters. The fourth-order valence-corrected chi connectivity index (χ4v) is 2.85. The van der Waals surface area contributed by atoms with Gasteiger partial charge in [-0.1, -0.05) is 22.5 Å². The smallest absolute Gasteiger partial charge is 0.245 e. The number of fused-ring (bicyclic) bond motifs is 1. The van der Waals surface area contributed by atoms with E-state index in [-0.39, 0.29) is 17.9 Å². The highest BCUT2D eigenvalue weighted by Crippen LogP contribution is 2.23. The van der Waals surface area contributed by atoms with E-state index < -0.39 is 0 Å². The number of carbonyl (C=O) groups is 2. The molecule has 0 aromatic carbocycles. The maximum Gasteiger partial charge on any atom is 0.245 e. The Hall–Kier alpha value is -0.840. The number of rotatable bonds is 2. The highest BCUT2D eigenvalue weighted by molar-refractivity contribution is 9.11. The van der Waals surface area contributed by atoms with Gasteiger partial charge in [0.25, 0.3) is 0 Å². The van der Waals surface area contributed by atoms with Crippen LogP contribution in [0.4, 0.5) is 0 Å². The second kappa shape index (κ2) is 5.21. The van der Waals surface area contributed by atoms with Gasteiger partial charge >= 0.3 is 0 Å². The number of nitrogens with zero attached hydrogens (tertiary/aromatic N) is 2. The Kier molecular flexibility index (Phi) is 3.86. The molecule has 0 N–H and O–H groups in total. The van der Waals surface area contributed by atoms with Crippen molar-refractivity contribution in [1.82, 2.24) is 9.80 Å². The van der Waals surface area contributed by atoms with Gasteiger partial charge in [0, 0.05) is 24.0 Å². The molecule has 0 aliphatic carbocycles. The highest BCUT2D eigenvalue weighted by atomic mass is 79.9. The summed E-state index contributed by atoms with van der Waals surface area (Å²) in [6, 6.07) is -0.231. The molecule has 94 valence electrons. The maximum absolute atomic E-state index is 12.3. The first-order valence-electron chi connectivity index (χ1n) is 6.01. The van der Waals surface area contributed by atoms with E-state index in [4.69, 9.17) is 0 Å². The number of amides is 2. The van der Waals surface area contributed by atoms with Crippen LogP contribution in [0.2, 0.25) is 0 Å². The highest BCUT2D eigenvalue weighted by Gasteiger charge is 2.37. The summed E-state index contributed by atoms with van der Waals surface area (Å²) in [7, 11) is 0. The lowest BCUT2D eigenvalue weighted by molar-refractivity contribution is -0.142. The van der Waals surface area contributed by atoms with Crippen LogP contribution < -0.4 is 0 Å². The monoisotopic (exact) mass is 300 g/mol. The third kappa shape index (κ3) is 2.70. The number of hydrogen-bond donors (Lipinski definition) is 0. The normalized spacial score (nSPS) is 25.6. The Balaban J connectivity index is 2.17. The number of halogens is 1. The van der Waals surface area contributed by atoms with Crippen molar-refractivity contribution in [3.63, 3.8) is 0 Å². The summed E-state index contributed by atoms with van der Waals surface area (Å²) in [5.74, 6) is 0.196. The summed E-state index contributed by atoms with van der Waals surface area (Å²) in [6.45, 7) is 5.50. The lowest BCUT2D eigenvalue weighted by atomic mass is 10.0. The lowest BCUT2D eigenvalue weighted by Crippen LogP contribution is -2.49. The van der Waals surface area contributed by atoms with E-state index in [9.17, 15) is 9.59 Å². The summed E-state index contributed by atoms with van der Waals surface area (Å²) in [5.41, 5.74) is 0. The quantitative estimate of drug-likeness (QED) is 0.776. The molecule has 2 rings (SSSR count). The van der Waals surface area contributed by atoms with Crippen molar-refractivity contribution in [2.75, 3.05) is 19.6 Å². The van der Waals surface area contributed by atoms with Gasteiger partial charge < -0.3 is 9.80 Å². The van der Waals surface area contributed by atoms with Crippen molar-refractivity contribution < 1.29 is 9.59 Å². The molecule has 2 heterocycles. The topological polar surface area (TPSA) is 40.6 Å². The number of carbonyl (C=O) groups excluding carboxylic acids is 2. The molecule has 4 nitrogen and oxygen atoms in total. The first kappa shape index (κ1) is 12.6. The predicted octanol–water partition coefficient (Wildman–Crippen LogP) is 1.51. The standard InChI is InChI=1S/C12H17BrN2O2/c1-9(13)8-14-7-5-11(16)15-6-3-2-4-10(15)12(14)17/h10H,1-8H2. The van der Waals surface area contributed by atoms with Crippen LogP contribution in [0.1, 0.15) is 25.7 Å². The molecule has 2 fully saturated rings. The van der Waals surface area contributed by atoms with Crippen LogP contribution in [0.5, 0.6) is 0 Å². The average molecular weight is 301 g/mol. The Morgan fingerprint density at radius 2 is 2.12 bits per heavy atom. The van der Waals surface area contributed by atoms with Crippen molar-refractivity contribution in [3.05, 3.63) is 11.1 Å². The molecule has 2 saturated heterocycles. The van der Waals surface area contributed by atoms with E-state index in [1.54, 1.807) is 9.80 Å². The van der Waals surface area contributed by atoms with Crippen molar-refractivity contribution in [2.24, 2.45) is 0 Å². The maximum atomic E-state index is 12.3. The van der Waals surface area contributed by atoms with Gasteiger partial charge in [0.15, 0.2) is 0 Å². The molecule has 0 aromatic rings. The van der Waals surface area contributed by atoms with Gasteiger partial charge in [-0.2, -0.15) is 0 Å². The SMILES string of the molecule is C=C(Br)CN1CCC(=O)N2CCCCC2C1=O. The van der Waals surface area contributed by atoms with E-state index in [1.165, 1.54) is 0 Å². The molecule has 0 radical (unpaired) electrons. The summed E-state index contributed by atoms with van der Waals surface area (Å²) < 4.78 is 0.780. The van der Waals surface area contributed by atoms with E-state index in [0.29, 0.717) is 19.5 Å². The fourth-order valence-electron chi connectivity index (χ4n) is 2.55. The van der Waals surface area contributed by atoms with Crippen molar-refractivity contribution in [3.8, 4) is 0 Å². The molecule has 0 spiro atoms. The van der Waals surface area contributed by atoms with Crippen LogP contribution >= 0.6 is 15.9 Å². The van der Waals surface area contributed by atoms with Crippen LogP contribution in [-0.2, 0) is 9.59 Å². The van der Waals surface area contributed by atoms with Crippen LogP contribution in [0, 0.1) is 0 Å². The number of hydrogen-bond acceptors (Lipinski definition) is 2. The minimum absolute atomic E-state index is 0.0798. The zero-order chi connectivity index (χ0) is 12.4. The largest absolute Gasteiger partial charge is 0.336 e. The minimum Gasteiger partial charge on any atom is -0.336 e. The van der Waals surface area contributed by atoms with E-state index in [2.05, 4.69) is 22.5 Å². The van der Waals surface area contributed by atoms with Crippen LogP contribution in [-0.4, -0.2) is 47.3 Å². The third-order valence-electron chi connectivity index (χ3n) is 3.38. The van der Waals surface area contributed by atoms with E-state index in [1.807, 2.05) is 0 Å². The Labute approximate surface area is 110 Å². The van der Waals surface area contributed by atoms with Crippen molar-refractivity contribution in [1.29, 1.82) is 0 Å². The summed E-state index contributed by atoms with van der Waals surface area (Å²) in [6.07, 6.45) is 3.28. The first-order chi connectivity index (χ1) is 8.09. The van der Waals surface area contributed by atoms with Gasteiger partial charge in [0.05, 0.1) is 6.54 Å². The van der Waals surface area contributed by atoms with Crippen molar-refractivity contribution in [2.45, 2.75) is 31.7 Å². The molecular formula is C12H17BrN2O2. The summed E-state index contributed by atoms with van der Waals surface area (Å²) >= 11 is 3.28. The second-order valence-electron chi connectivity index (χ2n) is 4.63. The molecular weight excluding hydrogens is 284 g/mol. The van der Waals surface area contributed by atoms with E-state index in [0.717, 1.165) is 30.3 Å². The molecule has 1 atom stereocenters. The van der Waals surface area contributed by atoms with Crippen LogP contribution in [0.25, 0.3) is 0 Å². The predicted molar refractivity (Wildman–Crippen MR) is 68.6 cm³/mol. The van der Waals surface area contributed by atoms with Gasteiger partial charge in [-0.15, -0.1) is 0 Å². The zero-order valence-electron chi connectivity index (χ0n) is 9.82. The Morgan fingerprint density at radius 1 is 1.35 bits per heavy atom. The van der Waals surface area contributed by atoms with E-state index >= 15 is 0 Å². The Morgan fingerprint density at radius 3 is 2.82 bits per heavy atom. The second-order valence-corrected chi connectivity index (χ2v) is 5.75. The molecule has 0 bridgehead atoms. The summed E-state index contributed by atoms with van der Waals surface area (Å²) in [5, 5.41) is 0. The van der Waals surface area contributed by atoms with Gasteiger partial charge in [0.2, 0.25) is 11.8 Å². The Bertz CT molecular complexity index is 356. The van der Waals surface area contributed by atoms with Gasteiger partial charge in [-0.05, 0) is 19.3 Å². The lowest BCUT2D eigenvalue weighted by Gasteiger charge is -2.34. The van der Waals surface area contributed by atoms with Crippen LogP contribution in [0.3, 0.4) is 0 Å². The minimum atomic E-state index is -0.231. The fraction of sp³-hybridized carbons (Fsp3) is 0.667. The summed E-state index contributed by atoms with van der Waals surface area (Å²) in [4.78, 5) is 27.8. The molecule has 0 aromatic heterocycles. The molecule has 17 heavy (non-hydrogen) atoms. The molecule has 0 saturated carbocycles. The average Bonchev–Trinajstić information content (AvgIpc) is 2.42. The molecule has 2 aliphatic heterocycles. The molecule has 5 heteroatoms. The van der Waals surface area contributed by atoms with Crippen molar-refractivity contribution >= 4 is 27.7 Å². The van der Waals surface area contributed by atoms with Crippen LogP contribution in [0.15, 0.2) is 11.1 Å². The zero-order valence-corrected chi connectivity index (χ0v) is 11.4. The molecule has 2 amide bonds. The van der Waals surface area contributed by atoms with Gasteiger partial charge in [-0.25, -0.2) is 0 Å². The third-order valence-corrected chi connectivity index (χ3v) is 3.63. The van der Waals surface area contributed by atoms with Gasteiger partial charge in [0.1, 0.15) is 6.04 Å². The molecule has 2 aliphatic rings. The van der Waals surface area contributed by atoms with Gasteiger partial charge in [-0.3, -0.25) is 9.59 Å². The first-order valence-corrected chi connectivity index (χ1v) is 6.80.